The predicted molar refractivity (Wildman–Crippen MR) is 305 cm³/mol. The van der Waals surface area contributed by atoms with Crippen LogP contribution >= 0.6 is 0 Å². The van der Waals surface area contributed by atoms with E-state index in [2.05, 4.69) is 57.3 Å². The molecule has 4 saturated carbocycles. The van der Waals surface area contributed by atoms with E-state index < -0.39 is 71.5 Å². The minimum atomic E-state index is -1.33. The largest absolute Gasteiger partial charge is 0.393 e. The number of carbonyl (C=O) groups excluding carboxylic acids is 6. The van der Waals surface area contributed by atoms with E-state index >= 15 is 0 Å². The number of aliphatic hydroxyl groups is 3. The Bertz CT molecular complexity index is 2790. The number of nitrogens with two attached hydrogens (primary N) is 2. The Labute approximate surface area is 470 Å². The molecule has 4 aliphatic rings. The molecule has 13 N–H and O–H groups in total. The fourth-order valence-electron chi connectivity index (χ4n) is 14.6. The summed E-state index contributed by atoms with van der Waals surface area (Å²) in [5, 5.41) is 50.3. The van der Waals surface area contributed by atoms with Crippen LogP contribution in [0.5, 0.6) is 0 Å². The molecule has 1 aromatic heterocycles. The van der Waals surface area contributed by atoms with Gasteiger partial charge in [-0.25, -0.2) is 4.98 Å². The number of hydrogen-bond acceptors (Lipinski definition) is 11. The predicted octanol–water partition coefficient (Wildman–Crippen LogP) is 4.42. The number of carbonyl (C=O) groups is 6. The van der Waals surface area contributed by atoms with Crippen LogP contribution in [0.2, 0.25) is 0 Å². The first kappa shape index (κ1) is 59.9. The van der Waals surface area contributed by atoms with Crippen LogP contribution in [0.4, 0.5) is 0 Å². The van der Waals surface area contributed by atoms with Crippen molar-refractivity contribution in [2.45, 2.75) is 179 Å². The van der Waals surface area contributed by atoms with Crippen molar-refractivity contribution < 1.29 is 44.1 Å². The van der Waals surface area contributed by atoms with Crippen molar-refractivity contribution in [3.8, 4) is 0 Å². The molecule has 0 bridgehead atoms. The lowest BCUT2D eigenvalue weighted by Crippen LogP contribution is -2.62. The van der Waals surface area contributed by atoms with Crippen molar-refractivity contribution in [3.05, 3.63) is 102 Å². The Kier molecular flexibility index (Phi) is 19.3. The highest BCUT2D eigenvalue weighted by atomic mass is 16.3. The molecule has 4 aliphatic carbocycles. The van der Waals surface area contributed by atoms with E-state index in [0.29, 0.717) is 50.8 Å². The van der Waals surface area contributed by atoms with Gasteiger partial charge in [0.2, 0.25) is 35.4 Å². The summed E-state index contributed by atoms with van der Waals surface area (Å²) in [4.78, 5) is 89.7. The average Bonchev–Trinajstić information content (AvgIpc) is 4.08. The number of unbranched alkanes of at least 4 members (excludes halogenated alkanes) is 1. The Morgan fingerprint density at radius 2 is 1.39 bits per heavy atom. The van der Waals surface area contributed by atoms with Crippen LogP contribution in [0.25, 0.3) is 10.8 Å². The number of aromatic amines is 1. The zero-order valence-corrected chi connectivity index (χ0v) is 47.3. The van der Waals surface area contributed by atoms with Gasteiger partial charge in [0, 0.05) is 44.1 Å². The van der Waals surface area contributed by atoms with E-state index in [-0.39, 0.29) is 84.0 Å². The van der Waals surface area contributed by atoms with Gasteiger partial charge >= 0.3 is 0 Å². The van der Waals surface area contributed by atoms with E-state index in [0.717, 1.165) is 54.0 Å². The topological polar surface area (TPSA) is 304 Å². The summed E-state index contributed by atoms with van der Waals surface area (Å²) < 4.78 is 0. The van der Waals surface area contributed by atoms with E-state index in [9.17, 15) is 44.1 Å². The van der Waals surface area contributed by atoms with Gasteiger partial charge in [0.25, 0.3) is 0 Å². The number of nitrogens with one attached hydrogen (secondary N) is 6. The molecule has 18 heteroatoms. The number of rotatable bonds is 24. The first-order valence-electron chi connectivity index (χ1n) is 29.1. The van der Waals surface area contributed by atoms with E-state index in [4.69, 9.17) is 11.5 Å². The zero-order chi connectivity index (χ0) is 57.5. The molecule has 1 unspecified atom stereocenters. The highest BCUT2D eigenvalue weighted by Crippen LogP contribution is 2.68. The van der Waals surface area contributed by atoms with Gasteiger partial charge in [-0.1, -0.05) is 93.6 Å². The average molecular weight is 1100 g/mol. The summed E-state index contributed by atoms with van der Waals surface area (Å²) in [6.45, 7) is 10.1. The van der Waals surface area contributed by atoms with Crippen LogP contribution in [0.1, 0.15) is 128 Å². The molecule has 1 heterocycles. The maximum atomic E-state index is 14.7. The number of fused-ring (bicyclic) bond motifs is 6. The third kappa shape index (κ3) is 13.9. The molecule has 4 fully saturated rings. The smallest absolute Gasteiger partial charge is 0.243 e. The first-order valence-corrected chi connectivity index (χ1v) is 29.1. The van der Waals surface area contributed by atoms with Gasteiger partial charge < -0.3 is 58.4 Å². The number of aliphatic hydroxyl groups excluding tert-OH is 3. The number of H-pyrrole nitrogens is 1. The van der Waals surface area contributed by atoms with Crippen LogP contribution < -0.4 is 38.1 Å². The molecule has 3 aromatic carbocycles. The van der Waals surface area contributed by atoms with Gasteiger partial charge in [-0.3, -0.25) is 28.8 Å². The highest BCUT2D eigenvalue weighted by molar-refractivity contribution is 5.96. The highest BCUT2D eigenvalue weighted by Gasteiger charge is 2.65. The first-order chi connectivity index (χ1) is 38.0. The normalized spacial score (nSPS) is 28.1. The Balaban J connectivity index is 0.868. The van der Waals surface area contributed by atoms with E-state index in [1.54, 1.807) is 12.1 Å². The molecule has 0 aliphatic heterocycles. The van der Waals surface area contributed by atoms with Crippen LogP contribution in [0.3, 0.4) is 0 Å². The van der Waals surface area contributed by atoms with Gasteiger partial charge in [-0.15, -0.1) is 0 Å². The minimum Gasteiger partial charge on any atom is -0.393 e. The third-order valence-corrected chi connectivity index (χ3v) is 19.2. The minimum absolute atomic E-state index is 0.000884. The van der Waals surface area contributed by atoms with Gasteiger partial charge in [0.15, 0.2) is 0 Å². The SMILES string of the molecule is C[C@H](CCC(=O)NCCCC[C@H](NC(=O)[C@@H](Cc1ccccc1)NC(=O)[C@@H](Cc1ccc2ccccc2c1)NC(=O)[C@H](Cc1cnc[nH]1)NC(=O)C(C)(C)N)C(N)=O)[C@H]1CCC2[C@@H]3[C@H](O)C[C@@H]4C[C@H](O)CC[C@]4(C)[C@H]3C[C@H](O)[C@@]21C. The number of amides is 6. The van der Waals surface area contributed by atoms with E-state index in [1.165, 1.54) is 26.4 Å². The van der Waals surface area contributed by atoms with Gasteiger partial charge in [-0.05, 0) is 153 Å². The van der Waals surface area contributed by atoms with Crippen molar-refractivity contribution in [1.82, 2.24) is 36.6 Å². The molecular formula is C62H87N9O9. The molecule has 80 heavy (non-hydrogen) atoms. The Morgan fingerprint density at radius 3 is 2.05 bits per heavy atom. The van der Waals surface area contributed by atoms with Gasteiger partial charge in [0.1, 0.15) is 24.2 Å². The molecule has 8 rings (SSSR count). The Morgan fingerprint density at radius 1 is 0.738 bits per heavy atom. The number of benzene rings is 3. The van der Waals surface area contributed by atoms with Crippen molar-refractivity contribution in [2.75, 3.05) is 6.54 Å². The third-order valence-electron chi connectivity index (χ3n) is 19.2. The number of hydrogen-bond donors (Lipinski definition) is 11. The zero-order valence-electron chi connectivity index (χ0n) is 47.3. The van der Waals surface area contributed by atoms with Gasteiger partial charge in [0.05, 0.1) is 30.2 Å². The van der Waals surface area contributed by atoms with Gasteiger partial charge in [-0.2, -0.15) is 0 Å². The number of imidazole rings is 1. The second-order valence-corrected chi connectivity index (χ2v) is 25.1. The molecular weight excluding hydrogens is 1010 g/mol. The summed E-state index contributed by atoms with van der Waals surface area (Å²) in [7, 11) is 0. The van der Waals surface area contributed by atoms with Crippen molar-refractivity contribution >= 4 is 46.2 Å². The Hall–Kier alpha value is -6.21. The summed E-state index contributed by atoms with van der Waals surface area (Å²) in [5.74, 6) is -2.28. The number of nitrogens with zero attached hydrogens (tertiary/aromatic N) is 1. The summed E-state index contributed by atoms with van der Waals surface area (Å²) in [6, 6.07) is 17.7. The van der Waals surface area contributed by atoms with Crippen LogP contribution in [0.15, 0.2) is 85.3 Å². The van der Waals surface area contributed by atoms with Crippen LogP contribution in [-0.2, 0) is 48.0 Å². The van der Waals surface area contributed by atoms with Crippen LogP contribution in [0, 0.1) is 46.3 Å². The maximum absolute atomic E-state index is 14.7. The molecule has 434 valence electrons. The summed E-state index contributed by atoms with van der Waals surface area (Å²) in [5.41, 5.74) is 12.3. The lowest BCUT2D eigenvalue weighted by atomic mass is 9.43. The summed E-state index contributed by atoms with van der Waals surface area (Å²) >= 11 is 0. The van der Waals surface area contributed by atoms with Crippen LogP contribution in [-0.4, -0.2) is 115 Å². The second-order valence-electron chi connectivity index (χ2n) is 25.1. The summed E-state index contributed by atoms with van der Waals surface area (Å²) in [6.07, 6.45) is 9.54. The number of primary amides is 1. The number of aromatic nitrogens is 2. The molecule has 6 amide bonds. The molecule has 0 radical (unpaired) electrons. The second kappa shape index (κ2) is 25.7. The fourth-order valence-corrected chi connectivity index (χ4v) is 14.6. The molecule has 0 saturated heterocycles. The van der Waals surface area contributed by atoms with Crippen molar-refractivity contribution in [3.63, 3.8) is 0 Å². The quantitative estimate of drug-likeness (QED) is 0.0437. The maximum Gasteiger partial charge on any atom is 0.243 e. The standard InChI is InChI=1S/C62H87N9O9/c1-36(44-21-22-45-54-46(33-52(74)62(44,45)5)61(4)25-24-43(72)30-41(61)31-51(54)73)18-23-53(75)66-26-12-11-17-47(55(63)76)68-56(77)48(28-37-13-7-6-8-14-37)69-57(78)49(29-38-19-20-39-15-9-10-16-40(39)27-38)70-58(79)50(32-42-34-65-35-67-42)71-59(80)60(2,3)64/h6-10,13-16,19-20,27,34-36,41,43-52,54,72-74H,11-12,17-18,21-26,28-33,64H2,1-5H3,(H2,63,76)(H,65,67)(H,66,75)(H,68,77)(H,69,78)(H,70,79)(H,71,80)/t36-,41+,43-,44-,45?,46+,47+,48-,49-,50+,51-,52+,54+,61+,62-/m1/s1. The fraction of sp³-hybridized carbons (Fsp3) is 0.597. The lowest BCUT2D eigenvalue weighted by molar-refractivity contribution is -0.207. The molecule has 4 aromatic rings. The monoisotopic (exact) mass is 1100 g/mol. The molecule has 15 atom stereocenters. The van der Waals surface area contributed by atoms with E-state index in [1.807, 2.05) is 60.7 Å². The molecule has 0 spiro atoms. The van der Waals surface area contributed by atoms with Crippen molar-refractivity contribution in [2.24, 2.45) is 57.8 Å². The molecule has 18 nitrogen and oxygen atoms in total. The van der Waals surface area contributed by atoms with Crippen molar-refractivity contribution in [1.29, 1.82) is 0 Å². The lowest BCUT2D eigenvalue weighted by Gasteiger charge is -2.63.